The first-order valence-corrected chi connectivity index (χ1v) is 6.80. The van der Waals surface area contributed by atoms with Crippen molar-refractivity contribution in [1.29, 1.82) is 0 Å². The standard InChI is InChI=1S/C11H14N2O4S/c1-7-11(14)12-9-6-8(4-5-10(9)17-7)18(15,16)13(2)3/h4-7H,1-3H3,(H,12,14). The number of hydrogen-bond donors (Lipinski definition) is 1. The minimum Gasteiger partial charge on any atom is -0.479 e. The van der Waals surface area contributed by atoms with Crippen molar-refractivity contribution in [3.8, 4) is 5.75 Å². The van der Waals surface area contributed by atoms with E-state index in [2.05, 4.69) is 5.32 Å². The number of nitrogens with one attached hydrogen (secondary N) is 1. The molecule has 1 heterocycles. The molecule has 6 nitrogen and oxygen atoms in total. The highest BCUT2D eigenvalue weighted by atomic mass is 32.2. The maximum Gasteiger partial charge on any atom is 0.265 e. The van der Waals surface area contributed by atoms with Gasteiger partial charge in [-0.05, 0) is 25.1 Å². The Bertz CT molecular complexity index is 595. The van der Waals surface area contributed by atoms with Crippen LogP contribution in [-0.2, 0) is 14.8 Å². The summed E-state index contributed by atoms with van der Waals surface area (Å²) in [6, 6.07) is 4.40. The number of hydrogen-bond acceptors (Lipinski definition) is 4. The molecule has 0 saturated heterocycles. The molecule has 0 saturated carbocycles. The Morgan fingerprint density at radius 1 is 1.33 bits per heavy atom. The second-order valence-electron chi connectivity index (χ2n) is 4.19. The third kappa shape index (κ3) is 2.06. The molecule has 0 spiro atoms. The van der Waals surface area contributed by atoms with E-state index in [0.717, 1.165) is 4.31 Å². The van der Waals surface area contributed by atoms with Gasteiger partial charge in [0.2, 0.25) is 10.0 Å². The molecular formula is C11H14N2O4S. The lowest BCUT2D eigenvalue weighted by molar-refractivity contribution is -0.122. The lowest BCUT2D eigenvalue weighted by Gasteiger charge is -2.24. The first kappa shape index (κ1) is 12.8. The summed E-state index contributed by atoms with van der Waals surface area (Å²) in [6.45, 7) is 1.63. The van der Waals surface area contributed by atoms with Gasteiger partial charge < -0.3 is 10.1 Å². The van der Waals surface area contributed by atoms with Gasteiger partial charge in [-0.3, -0.25) is 4.79 Å². The maximum absolute atomic E-state index is 11.9. The molecule has 0 aromatic heterocycles. The quantitative estimate of drug-likeness (QED) is 0.856. The zero-order valence-corrected chi connectivity index (χ0v) is 11.1. The monoisotopic (exact) mass is 270 g/mol. The number of carbonyl (C=O) groups excluding carboxylic acids is 1. The molecule has 0 fully saturated rings. The number of ether oxygens (including phenoxy) is 1. The van der Waals surface area contributed by atoms with Crippen molar-refractivity contribution in [3.05, 3.63) is 18.2 Å². The second kappa shape index (κ2) is 4.25. The van der Waals surface area contributed by atoms with Gasteiger partial charge in [-0.15, -0.1) is 0 Å². The van der Waals surface area contributed by atoms with E-state index in [-0.39, 0.29) is 10.8 Å². The minimum absolute atomic E-state index is 0.115. The van der Waals surface area contributed by atoms with Crippen molar-refractivity contribution >= 4 is 21.6 Å². The fraction of sp³-hybridized carbons (Fsp3) is 0.364. The average Bonchev–Trinajstić information content (AvgIpc) is 2.29. The number of anilines is 1. The number of nitrogens with zero attached hydrogens (tertiary/aromatic N) is 1. The Balaban J connectivity index is 2.46. The van der Waals surface area contributed by atoms with Crippen LogP contribution >= 0.6 is 0 Å². The molecule has 0 aliphatic carbocycles. The van der Waals surface area contributed by atoms with Gasteiger partial charge in [-0.25, -0.2) is 12.7 Å². The molecule has 98 valence electrons. The predicted molar refractivity (Wildman–Crippen MR) is 66.0 cm³/mol. The Morgan fingerprint density at radius 3 is 2.61 bits per heavy atom. The van der Waals surface area contributed by atoms with Gasteiger partial charge in [-0.2, -0.15) is 0 Å². The topological polar surface area (TPSA) is 75.7 Å². The molecule has 1 aromatic rings. The molecule has 1 aliphatic heterocycles. The molecule has 1 aliphatic rings. The smallest absolute Gasteiger partial charge is 0.265 e. The van der Waals surface area contributed by atoms with Gasteiger partial charge in [0.05, 0.1) is 10.6 Å². The Morgan fingerprint density at radius 2 is 2.00 bits per heavy atom. The normalized spacial score (nSPS) is 19.1. The Hall–Kier alpha value is -1.60. The zero-order valence-electron chi connectivity index (χ0n) is 10.3. The van der Waals surface area contributed by atoms with Crippen LogP contribution in [0.15, 0.2) is 23.1 Å². The summed E-state index contributed by atoms with van der Waals surface area (Å²) in [5.74, 6) is 0.182. The van der Waals surface area contributed by atoms with E-state index in [1.54, 1.807) is 13.0 Å². The number of sulfonamides is 1. The van der Waals surface area contributed by atoms with E-state index in [4.69, 9.17) is 4.74 Å². The van der Waals surface area contributed by atoms with Crippen molar-refractivity contribution in [3.63, 3.8) is 0 Å². The molecule has 1 N–H and O–H groups in total. The lowest BCUT2D eigenvalue weighted by atomic mass is 10.2. The van der Waals surface area contributed by atoms with Crippen LogP contribution in [0.5, 0.6) is 5.75 Å². The molecule has 2 rings (SSSR count). The van der Waals surface area contributed by atoms with E-state index in [1.807, 2.05) is 0 Å². The maximum atomic E-state index is 11.9. The first-order valence-electron chi connectivity index (χ1n) is 5.36. The first-order chi connectivity index (χ1) is 8.32. The fourth-order valence-electron chi connectivity index (χ4n) is 1.56. The number of benzene rings is 1. The van der Waals surface area contributed by atoms with Gasteiger partial charge in [0, 0.05) is 14.1 Å². The second-order valence-corrected chi connectivity index (χ2v) is 6.35. The average molecular weight is 270 g/mol. The summed E-state index contributed by atoms with van der Waals surface area (Å²) in [5.41, 5.74) is 0.376. The molecule has 0 bridgehead atoms. The molecule has 0 radical (unpaired) electrons. The summed E-state index contributed by atoms with van der Waals surface area (Å²) < 4.78 is 30.3. The van der Waals surface area contributed by atoms with Crippen molar-refractivity contribution < 1.29 is 17.9 Å². The number of rotatable bonds is 2. The van der Waals surface area contributed by atoms with E-state index >= 15 is 0 Å². The van der Waals surface area contributed by atoms with Gasteiger partial charge in [0.25, 0.3) is 5.91 Å². The lowest BCUT2D eigenvalue weighted by Crippen LogP contribution is -2.34. The van der Waals surface area contributed by atoms with E-state index in [1.165, 1.54) is 26.2 Å². The summed E-state index contributed by atoms with van der Waals surface area (Å²) in [4.78, 5) is 11.6. The van der Waals surface area contributed by atoms with E-state index in [0.29, 0.717) is 11.4 Å². The van der Waals surface area contributed by atoms with Crippen LogP contribution in [0.25, 0.3) is 0 Å². The molecule has 1 unspecified atom stereocenters. The number of amides is 1. The minimum atomic E-state index is -3.51. The zero-order chi connectivity index (χ0) is 13.5. The van der Waals surface area contributed by atoms with Crippen molar-refractivity contribution in [2.75, 3.05) is 19.4 Å². The van der Waals surface area contributed by atoms with Gasteiger partial charge in [0.1, 0.15) is 5.75 Å². The number of carbonyl (C=O) groups is 1. The highest BCUT2D eigenvalue weighted by Crippen LogP contribution is 2.32. The van der Waals surface area contributed by atoms with Crippen LogP contribution in [0.1, 0.15) is 6.92 Å². The van der Waals surface area contributed by atoms with Gasteiger partial charge >= 0.3 is 0 Å². The molecule has 1 atom stereocenters. The summed E-state index contributed by atoms with van der Waals surface area (Å²) in [5, 5.41) is 2.61. The number of fused-ring (bicyclic) bond motifs is 1. The summed E-state index contributed by atoms with van der Waals surface area (Å²) in [7, 11) is -0.614. The van der Waals surface area contributed by atoms with E-state index in [9.17, 15) is 13.2 Å². The van der Waals surface area contributed by atoms with Crippen molar-refractivity contribution in [1.82, 2.24) is 4.31 Å². The molecule has 1 aromatic carbocycles. The van der Waals surface area contributed by atoms with E-state index < -0.39 is 16.1 Å². The largest absolute Gasteiger partial charge is 0.479 e. The molecule has 7 heteroatoms. The molecule has 1 amide bonds. The van der Waals surface area contributed by atoms with Crippen LogP contribution in [0.4, 0.5) is 5.69 Å². The Kier molecular flexibility index (Phi) is 3.04. The van der Waals surface area contributed by atoms with Gasteiger partial charge in [0.15, 0.2) is 6.10 Å². The van der Waals surface area contributed by atoms with Crippen molar-refractivity contribution in [2.45, 2.75) is 17.9 Å². The summed E-state index contributed by atoms with van der Waals surface area (Å²) in [6.07, 6.45) is -0.575. The third-order valence-corrected chi connectivity index (χ3v) is 4.47. The molecule has 18 heavy (non-hydrogen) atoms. The van der Waals surface area contributed by atoms with Crippen LogP contribution in [0, 0.1) is 0 Å². The van der Waals surface area contributed by atoms with Crippen LogP contribution in [0.3, 0.4) is 0 Å². The highest BCUT2D eigenvalue weighted by molar-refractivity contribution is 7.89. The van der Waals surface area contributed by atoms with Crippen molar-refractivity contribution in [2.24, 2.45) is 0 Å². The molecular weight excluding hydrogens is 256 g/mol. The third-order valence-electron chi connectivity index (χ3n) is 2.66. The highest BCUT2D eigenvalue weighted by Gasteiger charge is 2.26. The van der Waals surface area contributed by atoms with Crippen LogP contribution < -0.4 is 10.1 Å². The SMILES string of the molecule is CC1Oc2ccc(S(=O)(=O)N(C)C)cc2NC1=O. The Labute approximate surface area is 106 Å². The van der Waals surface area contributed by atoms with Crippen LogP contribution in [-0.4, -0.2) is 38.8 Å². The summed E-state index contributed by atoms with van der Waals surface area (Å²) >= 11 is 0. The van der Waals surface area contributed by atoms with Gasteiger partial charge in [-0.1, -0.05) is 0 Å². The fourth-order valence-corrected chi connectivity index (χ4v) is 2.49. The van der Waals surface area contributed by atoms with Crippen LogP contribution in [0.2, 0.25) is 0 Å². The predicted octanol–water partition coefficient (Wildman–Crippen LogP) is 0.656.